The van der Waals surface area contributed by atoms with Gasteiger partial charge in [0, 0.05) is 43.2 Å². The first kappa shape index (κ1) is 13.8. The zero-order chi connectivity index (χ0) is 14.7. The number of amides is 1. The third-order valence-corrected chi connectivity index (χ3v) is 3.85. The van der Waals surface area contributed by atoms with Crippen molar-refractivity contribution in [3.63, 3.8) is 0 Å². The predicted octanol–water partition coefficient (Wildman–Crippen LogP) is 1.69. The van der Waals surface area contributed by atoms with Gasteiger partial charge in [0.15, 0.2) is 11.5 Å². The smallest absolute Gasteiger partial charge is 0.276 e. The highest BCUT2D eigenvalue weighted by Gasteiger charge is 2.28. The van der Waals surface area contributed by atoms with Crippen molar-refractivity contribution < 1.29 is 9.32 Å². The number of rotatable bonds is 3. The molecular formula is C15H18N4O2. The number of hydrogen-bond acceptors (Lipinski definition) is 5. The first-order chi connectivity index (χ1) is 10.3. The van der Waals surface area contributed by atoms with Crippen molar-refractivity contribution in [3.05, 3.63) is 36.3 Å². The van der Waals surface area contributed by atoms with E-state index in [1.54, 1.807) is 18.5 Å². The normalized spacial score (nSPS) is 18.7. The molecule has 0 aliphatic carbocycles. The average molecular weight is 286 g/mol. The zero-order valence-electron chi connectivity index (χ0n) is 11.7. The number of likely N-dealkylation sites (tertiary alicyclic amines) is 1. The van der Waals surface area contributed by atoms with E-state index in [9.17, 15) is 4.79 Å². The highest BCUT2D eigenvalue weighted by atomic mass is 16.5. The van der Waals surface area contributed by atoms with Crippen LogP contribution in [-0.2, 0) is 0 Å². The molecule has 1 amide bonds. The average Bonchev–Trinajstić information content (AvgIpc) is 3.05. The lowest BCUT2D eigenvalue weighted by molar-refractivity contribution is 0.0613. The molecule has 2 aromatic heterocycles. The van der Waals surface area contributed by atoms with Crippen molar-refractivity contribution in [1.82, 2.24) is 15.0 Å². The van der Waals surface area contributed by atoms with Crippen molar-refractivity contribution in [3.8, 4) is 11.3 Å². The van der Waals surface area contributed by atoms with E-state index in [2.05, 4.69) is 10.1 Å². The summed E-state index contributed by atoms with van der Waals surface area (Å²) in [4.78, 5) is 18.3. The van der Waals surface area contributed by atoms with Crippen LogP contribution in [0.2, 0.25) is 0 Å². The van der Waals surface area contributed by atoms with E-state index in [0.29, 0.717) is 18.0 Å². The Labute approximate surface area is 122 Å². The number of carbonyl (C=O) groups excluding carboxylic acids is 1. The van der Waals surface area contributed by atoms with Gasteiger partial charge in [-0.1, -0.05) is 5.16 Å². The van der Waals surface area contributed by atoms with E-state index in [0.717, 1.165) is 31.4 Å². The number of nitrogens with two attached hydrogens (primary N) is 1. The standard InChI is InChI=1S/C15H18N4O2/c16-10-12-3-1-2-8-19(12)15(20)13-9-14(21-18-13)11-4-6-17-7-5-11/h4-7,9,12H,1-3,8,10,16H2/t12-/m1/s1. The summed E-state index contributed by atoms with van der Waals surface area (Å²) in [6, 6.07) is 5.42. The molecule has 3 heterocycles. The first-order valence-corrected chi connectivity index (χ1v) is 7.17. The second-order valence-electron chi connectivity index (χ2n) is 5.20. The Morgan fingerprint density at radius 3 is 2.95 bits per heavy atom. The van der Waals surface area contributed by atoms with Gasteiger partial charge in [0.1, 0.15) is 0 Å². The number of carbonyl (C=O) groups is 1. The second kappa shape index (κ2) is 6.05. The van der Waals surface area contributed by atoms with Gasteiger partial charge in [-0.05, 0) is 31.4 Å². The van der Waals surface area contributed by atoms with Gasteiger partial charge in [0.05, 0.1) is 0 Å². The maximum atomic E-state index is 12.5. The van der Waals surface area contributed by atoms with E-state index in [1.807, 2.05) is 17.0 Å². The van der Waals surface area contributed by atoms with Crippen LogP contribution in [0, 0.1) is 0 Å². The largest absolute Gasteiger partial charge is 0.355 e. The molecule has 110 valence electrons. The molecule has 1 saturated heterocycles. The summed E-state index contributed by atoms with van der Waals surface area (Å²) >= 11 is 0. The van der Waals surface area contributed by atoms with Gasteiger partial charge in [-0.3, -0.25) is 9.78 Å². The fourth-order valence-electron chi connectivity index (χ4n) is 2.69. The van der Waals surface area contributed by atoms with E-state index in [1.165, 1.54) is 0 Å². The lowest BCUT2D eigenvalue weighted by atomic mass is 10.0. The van der Waals surface area contributed by atoms with Crippen LogP contribution in [0.25, 0.3) is 11.3 Å². The highest BCUT2D eigenvalue weighted by molar-refractivity contribution is 5.93. The molecule has 6 nitrogen and oxygen atoms in total. The van der Waals surface area contributed by atoms with Gasteiger partial charge in [0.25, 0.3) is 5.91 Å². The van der Waals surface area contributed by atoms with Crippen LogP contribution in [-0.4, -0.2) is 40.1 Å². The van der Waals surface area contributed by atoms with Crippen LogP contribution in [0.15, 0.2) is 35.1 Å². The SMILES string of the molecule is NC[C@H]1CCCCN1C(=O)c1cc(-c2ccncc2)on1. The van der Waals surface area contributed by atoms with Crippen molar-refractivity contribution in [2.24, 2.45) is 5.73 Å². The number of piperidine rings is 1. The van der Waals surface area contributed by atoms with Crippen LogP contribution in [0.4, 0.5) is 0 Å². The number of hydrogen-bond donors (Lipinski definition) is 1. The number of aromatic nitrogens is 2. The van der Waals surface area contributed by atoms with E-state index >= 15 is 0 Å². The molecule has 0 unspecified atom stereocenters. The van der Waals surface area contributed by atoms with Gasteiger partial charge in [-0.2, -0.15) is 0 Å². The fourth-order valence-corrected chi connectivity index (χ4v) is 2.69. The molecule has 3 rings (SSSR count). The molecule has 2 N–H and O–H groups in total. The Bertz CT molecular complexity index is 611. The van der Waals surface area contributed by atoms with Crippen LogP contribution in [0.3, 0.4) is 0 Å². The Balaban J connectivity index is 1.81. The minimum absolute atomic E-state index is 0.103. The summed E-state index contributed by atoms with van der Waals surface area (Å²) in [5.74, 6) is 0.469. The highest BCUT2D eigenvalue weighted by Crippen LogP contribution is 2.22. The van der Waals surface area contributed by atoms with Gasteiger partial charge in [0.2, 0.25) is 0 Å². The topological polar surface area (TPSA) is 85.2 Å². The van der Waals surface area contributed by atoms with Gasteiger partial charge in [-0.25, -0.2) is 0 Å². The van der Waals surface area contributed by atoms with E-state index < -0.39 is 0 Å². The Kier molecular flexibility index (Phi) is 3.96. The fraction of sp³-hybridized carbons (Fsp3) is 0.400. The summed E-state index contributed by atoms with van der Waals surface area (Å²) in [6.45, 7) is 1.22. The minimum Gasteiger partial charge on any atom is -0.355 e. The van der Waals surface area contributed by atoms with Crippen LogP contribution >= 0.6 is 0 Å². The maximum absolute atomic E-state index is 12.5. The monoisotopic (exact) mass is 286 g/mol. The number of nitrogens with zero attached hydrogens (tertiary/aromatic N) is 3. The van der Waals surface area contributed by atoms with Gasteiger partial charge in [-0.15, -0.1) is 0 Å². The first-order valence-electron chi connectivity index (χ1n) is 7.17. The second-order valence-corrected chi connectivity index (χ2v) is 5.20. The van der Waals surface area contributed by atoms with Crippen molar-refractivity contribution in [2.45, 2.75) is 25.3 Å². The Morgan fingerprint density at radius 2 is 2.19 bits per heavy atom. The molecular weight excluding hydrogens is 268 g/mol. The zero-order valence-corrected chi connectivity index (χ0v) is 11.7. The Hall–Kier alpha value is -2.21. The van der Waals surface area contributed by atoms with Crippen molar-refractivity contribution in [2.75, 3.05) is 13.1 Å². The third-order valence-electron chi connectivity index (χ3n) is 3.85. The summed E-state index contributed by atoms with van der Waals surface area (Å²) in [5.41, 5.74) is 6.95. The molecule has 1 atom stereocenters. The quantitative estimate of drug-likeness (QED) is 0.928. The molecule has 0 aromatic carbocycles. The Morgan fingerprint density at radius 1 is 1.38 bits per heavy atom. The molecule has 0 spiro atoms. The van der Waals surface area contributed by atoms with Crippen LogP contribution < -0.4 is 5.73 Å². The molecule has 0 saturated carbocycles. The molecule has 21 heavy (non-hydrogen) atoms. The molecule has 1 aliphatic rings. The maximum Gasteiger partial charge on any atom is 0.276 e. The summed E-state index contributed by atoms with van der Waals surface area (Å²) in [6.07, 6.45) is 6.43. The summed E-state index contributed by atoms with van der Waals surface area (Å²) in [5, 5.41) is 3.91. The molecule has 0 radical (unpaired) electrons. The molecule has 1 aliphatic heterocycles. The molecule has 2 aromatic rings. The van der Waals surface area contributed by atoms with E-state index in [-0.39, 0.29) is 11.9 Å². The lowest BCUT2D eigenvalue weighted by Crippen LogP contribution is -2.47. The number of pyridine rings is 1. The van der Waals surface area contributed by atoms with Crippen LogP contribution in [0.1, 0.15) is 29.8 Å². The summed E-state index contributed by atoms with van der Waals surface area (Å²) in [7, 11) is 0. The van der Waals surface area contributed by atoms with Gasteiger partial charge >= 0.3 is 0 Å². The van der Waals surface area contributed by atoms with Crippen molar-refractivity contribution in [1.29, 1.82) is 0 Å². The van der Waals surface area contributed by atoms with Crippen molar-refractivity contribution >= 4 is 5.91 Å². The molecule has 1 fully saturated rings. The third kappa shape index (κ3) is 2.80. The predicted molar refractivity (Wildman–Crippen MR) is 77.5 cm³/mol. The minimum atomic E-state index is -0.103. The van der Waals surface area contributed by atoms with E-state index in [4.69, 9.17) is 10.3 Å². The summed E-state index contributed by atoms with van der Waals surface area (Å²) < 4.78 is 5.28. The lowest BCUT2D eigenvalue weighted by Gasteiger charge is -2.34. The molecule has 6 heteroatoms. The molecule has 0 bridgehead atoms. The van der Waals surface area contributed by atoms with Gasteiger partial charge < -0.3 is 15.2 Å². The van der Waals surface area contributed by atoms with Crippen LogP contribution in [0.5, 0.6) is 0 Å².